The van der Waals surface area contributed by atoms with Gasteiger partial charge in [0.15, 0.2) is 0 Å². The van der Waals surface area contributed by atoms with Gasteiger partial charge in [0, 0.05) is 42.3 Å². The van der Waals surface area contributed by atoms with Crippen LogP contribution in [0.1, 0.15) is 25.3 Å². The molecule has 4 heteroatoms. The van der Waals surface area contributed by atoms with E-state index in [2.05, 4.69) is 17.1 Å². The fraction of sp³-hybridized carbons (Fsp3) is 0.600. The van der Waals surface area contributed by atoms with Gasteiger partial charge in [0.25, 0.3) is 0 Å². The van der Waals surface area contributed by atoms with Crippen LogP contribution in [-0.2, 0) is 6.54 Å². The molecule has 0 spiro atoms. The van der Waals surface area contributed by atoms with Gasteiger partial charge in [-0.2, -0.15) is 0 Å². The molecule has 1 N–H and O–H groups in total. The Labute approximate surface area is 118 Å². The van der Waals surface area contributed by atoms with Crippen molar-refractivity contribution in [1.29, 1.82) is 0 Å². The molecular weight excluding hydrogens is 263 g/mol. The van der Waals surface area contributed by atoms with Crippen LogP contribution in [0.5, 0.6) is 0 Å². The van der Waals surface area contributed by atoms with Crippen molar-refractivity contribution in [2.75, 3.05) is 13.1 Å². The molecule has 2 atom stereocenters. The standard InChI is InChI=1S/C15H20ClFN2/c1-10-7-18-15(11-2-3-11)9-19(10)8-12-6-13(16)4-5-14(12)17/h4-6,10-11,15,18H,2-3,7-9H2,1H3. The van der Waals surface area contributed by atoms with Crippen LogP contribution in [0.3, 0.4) is 0 Å². The number of nitrogens with zero attached hydrogens (tertiary/aromatic N) is 1. The van der Waals surface area contributed by atoms with Crippen LogP contribution in [0.4, 0.5) is 4.39 Å². The summed E-state index contributed by atoms with van der Waals surface area (Å²) < 4.78 is 13.8. The Balaban J connectivity index is 1.71. The molecule has 0 amide bonds. The second-order valence-corrected chi connectivity index (χ2v) is 6.30. The highest BCUT2D eigenvalue weighted by Crippen LogP contribution is 2.34. The molecule has 1 aliphatic heterocycles. The third kappa shape index (κ3) is 3.10. The van der Waals surface area contributed by atoms with Crippen LogP contribution in [0.25, 0.3) is 0 Å². The van der Waals surface area contributed by atoms with Crippen molar-refractivity contribution < 1.29 is 4.39 Å². The lowest BCUT2D eigenvalue weighted by atomic mass is 10.0. The summed E-state index contributed by atoms with van der Waals surface area (Å²) >= 11 is 5.96. The van der Waals surface area contributed by atoms with E-state index in [9.17, 15) is 4.39 Å². The second kappa shape index (κ2) is 5.39. The molecule has 1 saturated heterocycles. The van der Waals surface area contributed by atoms with E-state index < -0.39 is 0 Å². The first-order valence-corrected chi connectivity index (χ1v) is 7.42. The molecule has 1 aromatic rings. The smallest absolute Gasteiger partial charge is 0.127 e. The minimum Gasteiger partial charge on any atom is -0.311 e. The highest BCUT2D eigenvalue weighted by molar-refractivity contribution is 6.30. The fourth-order valence-corrected chi connectivity index (χ4v) is 3.06. The largest absolute Gasteiger partial charge is 0.311 e. The molecule has 2 unspecified atom stereocenters. The molecule has 19 heavy (non-hydrogen) atoms. The van der Waals surface area contributed by atoms with Crippen LogP contribution in [0.15, 0.2) is 18.2 Å². The number of halogens is 2. The molecule has 1 aromatic carbocycles. The Bertz CT molecular complexity index is 461. The SMILES string of the molecule is CC1CNC(C2CC2)CN1Cc1cc(Cl)ccc1F. The van der Waals surface area contributed by atoms with Gasteiger partial charge in [-0.3, -0.25) is 4.90 Å². The van der Waals surface area contributed by atoms with E-state index in [1.165, 1.54) is 18.9 Å². The normalized spacial score (nSPS) is 28.6. The first-order valence-electron chi connectivity index (χ1n) is 7.05. The predicted octanol–water partition coefficient (Wildman–Crippen LogP) is 3.05. The molecule has 0 bridgehead atoms. The minimum atomic E-state index is -0.155. The molecule has 0 radical (unpaired) electrons. The molecule has 2 aliphatic rings. The summed E-state index contributed by atoms with van der Waals surface area (Å²) in [5, 5.41) is 4.22. The second-order valence-electron chi connectivity index (χ2n) is 5.87. The third-order valence-corrected chi connectivity index (χ3v) is 4.54. The molecule has 1 heterocycles. The summed E-state index contributed by atoms with van der Waals surface area (Å²) in [4.78, 5) is 2.37. The Kier molecular flexibility index (Phi) is 3.79. The number of benzene rings is 1. The maximum absolute atomic E-state index is 13.8. The number of hydrogen-bond acceptors (Lipinski definition) is 2. The number of hydrogen-bond donors (Lipinski definition) is 1. The van der Waals surface area contributed by atoms with E-state index in [0.717, 1.165) is 19.0 Å². The van der Waals surface area contributed by atoms with E-state index in [0.29, 0.717) is 29.2 Å². The molecule has 2 fully saturated rings. The van der Waals surface area contributed by atoms with E-state index in [1.54, 1.807) is 12.1 Å². The van der Waals surface area contributed by atoms with Crippen molar-refractivity contribution in [2.45, 2.75) is 38.4 Å². The van der Waals surface area contributed by atoms with Crippen molar-refractivity contribution in [3.63, 3.8) is 0 Å². The number of rotatable bonds is 3. The molecular formula is C15H20ClFN2. The molecule has 2 nitrogen and oxygen atoms in total. The van der Waals surface area contributed by atoms with Gasteiger partial charge < -0.3 is 5.32 Å². The van der Waals surface area contributed by atoms with Gasteiger partial charge in [0.1, 0.15) is 5.82 Å². The predicted molar refractivity (Wildman–Crippen MR) is 75.8 cm³/mol. The van der Waals surface area contributed by atoms with Gasteiger partial charge in [0.2, 0.25) is 0 Å². The Morgan fingerprint density at radius 3 is 2.95 bits per heavy atom. The monoisotopic (exact) mass is 282 g/mol. The zero-order valence-electron chi connectivity index (χ0n) is 11.2. The lowest BCUT2D eigenvalue weighted by Gasteiger charge is -2.39. The van der Waals surface area contributed by atoms with E-state index >= 15 is 0 Å². The highest BCUT2D eigenvalue weighted by Gasteiger charge is 2.36. The van der Waals surface area contributed by atoms with E-state index in [4.69, 9.17) is 11.6 Å². The maximum Gasteiger partial charge on any atom is 0.127 e. The van der Waals surface area contributed by atoms with Gasteiger partial charge in [-0.25, -0.2) is 4.39 Å². The average molecular weight is 283 g/mol. The summed E-state index contributed by atoms with van der Waals surface area (Å²) in [6, 6.07) is 5.83. The summed E-state index contributed by atoms with van der Waals surface area (Å²) in [6.07, 6.45) is 2.68. The Morgan fingerprint density at radius 2 is 2.21 bits per heavy atom. The lowest BCUT2D eigenvalue weighted by Crippen LogP contribution is -2.55. The van der Waals surface area contributed by atoms with Gasteiger partial charge in [-0.05, 0) is 43.9 Å². The number of piperazine rings is 1. The zero-order chi connectivity index (χ0) is 13.4. The van der Waals surface area contributed by atoms with E-state index in [1.807, 2.05) is 0 Å². The van der Waals surface area contributed by atoms with Gasteiger partial charge in [-0.15, -0.1) is 0 Å². The fourth-order valence-electron chi connectivity index (χ4n) is 2.87. The van der Waals surface area contributed by atoms with Crippen LogP contribution in [-0.4, -0.2) is 30.1 Å². The van der Waals surface area contributed by atoms with E-state index in [-0.39, 0.29) is 5.82 Å². The first kappa shape index (κ1) is 13.3. The molecule has 104 valence electrons. The number of nitrogens with one attached hydrogen (secondary N) is 1. The summed E-state index contributed by atoms with van der Waals surface area (Å²) in [5.74, 6) is 0.678. The van der Waals surface area contributed by atoms with Crippen LogP contribution < -0.4 is 5.32 Å². The van der Waals surface area contributed by atoms with Gasteiger partial charge in [0.05, 0.1) is 0 Å². The summed E-state index contributed by atoms with van der Waals surface area (Å²) in [7, 11) is 0. The van der Waals surface area contributed by atoms with Crippen LogP contribution in [0, 0.1) is 11.7 Å². The van der Waals surface area contributed by atoms with Crippen molar-refractivity contribution in [3.8, 4) is 0 Å². The summed E-state index contributed by atoms with van der Waals surface area (Å²) in [6.45, 7) is 4.85. The first-order chi connectivity index (χ1) is 9.13. The lowest BCUT2D eigenvalue weighted by molar-refractivity contribution is 0.124. The quantitative estimate of drug-likeness (QED) is 0.917. The summed E-state index contributed by atoms with van der Waals surface area (Å²) in [5.41, 5.74) is 0.704. The maximum atomic E-state index is 13.8. The van der Waals surface area contributed by atoms with Crippen molar-refractivity contribution in [3.05, 3.63) is 34.6 Å². The van der Waals surface area contributed by atoms with Crippen molar-refractivity contribution in [1.82, 2.24) is 10.2 Å². The van der Waals surface area contributed by atoms with Gasteiger partial charge >= 0.3 is 0 Å². The molecule has 3 rings (SSSR count). The minimum absolute atomic E-state index is 0.155. The van der Waals surface area contributed by atoms with Crippen LogP contribution >= 0.6 is 11.6 Å². The third-order valence-electron chi connectivity index (χ3n) is 4.30. The van der Waals surface area contributed by atoms with Crippen molar-refractivity contribution >= 4 is 11.6 Å². The molecule has 1 aliphatic carbocycles. The zero-order valence-corrected chi connectivity index (χ0v) is 12.0. The topological polar surface area (TPSA) is 15.3 Å². The van der Waals surface area contributed by atoms with Crippen LogP contribution in [0.2, 0.25) is 5.02 Å². The Morgan fingerprint density at radius 1 is 1.42 bits per heavy atom. The molecule has 0 aromatic heterocycles. The molecule has 1 saturated carbocycles. The van der Waals surface area contributed by atoms with Crippen molar-refractivity contribution in [2.24, 2.45) is 5.92 Å². The van der Waals surface area contributed by atoms with Gasteiger partial charge in [-0.1, -0.05) is 11.6 Å². The average Bonchev–Trinajstić information content (AvgIpc) is 3.21. The Hall–Kier alpha value is -0.640. The highest BCUT2D eigenvalue weighted by atomic mass is 35.5.